The lowest BCUT2D eigenvalue weighted by atomic mass is 10.1. The van der Waals surface area contributed by atoms with Gasteiger partial charge in [0.05, 0.1) is 18.4 Å². The number of rotatable bonds is 10. The molecule has 0 bridgehead atoms. The van der Waals surface area contributed by atoms with Gasteiger partial charge in [-0.25, -0.2) is 4.99 Å². The number of nitrogens with zero attached hydrogens (tertiary/aromatic N) is 2. The molecule has 194 valence electrons. The molecule has 1 saturated heterocycles. The number of methoxy groups -OCH3 is 1. The monoisotopic (exact) mass is 521 g/mol. The van der Waals surface area contributed by atoms with E-state index in [2.05, 4.69) is 17.2 Å². The molecule has 3 rings (SSSR count). The first-order valence-electron chi connectivity index (χ1n) is 11.9. The van der Waals surface area contributed by atoms with Crippen LogP contribution in [0.3, 0.4) is 0 Å². The first-order valence-corrected chi connectivity index (χ1v) is 12.8. The quantitative estimate of drug-likeness (QED) is 0.356. The van der Waals surface area contributed by atoms with Crippen molar-refractivity contribution >= 4 is 40.1 Å². The van der Waals surface area contributed by atoms with E-state index < -0.39 is 17.0 Å². The van der Waals surface area contributed by atoms with Crippen LogP contribution in [0.1, 0.15) is 51.0 Å². The molecule has 36 heavy (non-hydrogen) atoms. The standard InChI is InChI=1S/C26H30F3N3O3S/c1-3-4-5-6-7-15-32-23(33)17-22(24(34)30-19-11-13-21(35-2)14-12-19)36-25(32)31-20-10-8-9-18(16-20)26(27,28)29/h8-14,16,22H,3-7,15,17H2,1-2H3,(H,30,34). The largest absolute Gasteiger partial charge is 0.497 e. The van der Waals surface area contributed by atoms with Gasteiger partial charge in [0.25, 0.3) is 0 Å². The molecule has 1 atom stereocenters. The molecule has 1 aliphatic heterocycles. The van der Waals surface area contributed by atoms with Crippen LogP contribution in [-0.4, -0.2) is 40.8 Å². The van der Waals surface area contributed by atoms with E-state index in [4.69, 9.17) is 4.74 Å². The summed E-state index contributed by atoms with van der Waals surface area (Å²) in [7, 11) is 1.54. The lowest BCUT2D eigenvalue weighted by molar-refractivity contribution is -0.137. The Morgan fingerprint density at radius 3 is 2.53 bits per heavy atom. The van der Waals surface area contributed by atoms with Crippen molar-refractivity contribution in [1.29, 1.82) is 0 Å². The number of amides is 2. The number of hydrogen-bond donors (Lipinski definition) is 1. The molecule has 0 aromatic heterocycles. The fraction of sp³-hybridized carbons (Fsp3) is 0.423. The van der Waals surface area contributed by atoms with Gasteiger partial charge in [-0.05, 0) is 48.9 Å². The van der Waals surface area contributed by atoms with Crippen LogP contribution < -0.4 is 10.1 Å². The number of halogens is 3. The SMILES string of the molecule is CCCCCCCN1C(=O)CC(C(=O)Nc2ccc(OC)cc2)SC1=Nc1cccc(C(F)(F)F)c1. The van der Waals surface area contributed by atoms with Crippen molar-refractivity contribution in [1.82, 2.24) is 4.90 Å². The van der Waals surface area contributed by atoms with Gasteiger partial charge in [0, 0.05) is 18.7 Å². The van der Waals surface area contributed by atoms with E-state index in [9.17, 15) is 22.8 Å². The zero-order chi connectivity index (χ0) is 26.1. The number of ether oxygens (including phenoxy) is 1. The summed E-state index contributed by atoms with van der Waals surface area (Å²) >= 11 is 1.09. The van der Waals surface area contributed by atoms with Crippen LogP contribution in [0.25, 0.3) is 0 Å². The number of anilines is 1. The number of benzene rings is 2. The van der Waals surface area contributed by atoms with Crippen LogP contribution in [0.15, 0.2) is 53.5 Å². The Hall–Kier alpha value is -3.01. The van der Waals surface area contributed by atoms with Crippen molar-refractivity contribution in [3.8, 4) is 5.75 Å². The molecule has 1 N–H and O–H groups in total. The molecule has 0 spiro atoms. The summed E-state index contributed by atoms with van der Waals surface area (Å²) < 4.78 is 44.7. The van der Waals surface area contributed by atoms with E-state index in [-0.39, 0.29) is 29.1 Å². The number of thioether (sulfide) groups is 1. The smallest absolute Gasteiger partial charge is 0.416 e. The highest BCUT2D eigenvalue weighted by Gasteiger charge is 2.36. The maximum Gasteiger partial charge on any atom is 0.416 e. The van der Waals surface area contributed by atoms with E-state index in [1.807, 2.05) is 0 Å². The number of nitrogens with one attached hydrogen (secondary N) is 1. The first-order chi connectivity index (χ1) is 17.2. The van der Waals surface area contributed by atoms with Crippen LogP contribution in [0, 0.1) is 0 Å². The second kappa shape index (κ2) is 12.8. The summed E-state index contributed by atoms with van der Waals surface area (Å²) in [6.45, 7) is 2.52. The Balaban J connectivity index is 1.81. The number of aliphatic imine (C=N–C) groups is 1. The molecule has 1 aliphatic rings. The topological polar surface area (TPSA) is 71.0 Å². The van der Waals surface area contributed by atoms with Crippen LogP contribution in [0.4, 0.5) is 24.5 Å². The zero-order valence-corrected chi connectivity index (χ0v) is 21.1. The normalized spacial score (nSPS) is 17.4. The molecule has 2 aromatic rings. The number of unbranched alkanes of at least 4 members (excludes halogenated alkanes) is 4. The third kappa shape index (κ3) is 7.74. The number of alkyl halides is 3. The molecule has 1 unspecified atom stereocenters. The number of carbonyl (C=O) groups is 2. The first kappa shape index (κ1) is 27.6. The van der Waals surface area contributed by atoms with E-state index in [0.717, 1.165) is 56.0 Å². The van der Waals surface area contributed by atoms with Crippen LogP contribution in [0.2, 0.25) is 0 Å². The van der Waals surface area contributed by atoms with Gasteiger partial charge >= 0.3 is 6.18 Å². The zero-order valence-electron chi connectivity index (χ0n) is 20.3. The highest BCUT2D eigenvalue weighted by atomic mass is 32.2. The van der Waals surface area contributed by atoms with Gasteiger partial charge in [0.15, 0.2) is 5.17 Å². The average Bonchev–Trinajstić information content (AvgIpc) is 2.85. The Labute approximate surface area is 213 Å². The Kier molecular flexibility index (Phi) is 9.81. The van der Waals surface area contributed by atoms with E-state index >= 15 is 0 Å². The van der Waals surface area contributed by atoms with Crippen LogP contribution in [0.5, 0.6) is 5.75 Å². The van der Waals surface area contributed by atoms with Gasteiger partial charge in [0.2, 0.25) is 11.8 Å². The minimum Gasteiger partial charge on any atom is -0.497 e. The minimum atomic E-state index is -4.51. The Morgan fingerprint density at radius 2 is 1.86 bits per heavy atom. The summed E-state index contributed by atoms with van der Waals surface area (Å²) in [6, 6.07) is 11.4. The number of carbonyl (C=O) groups excluding carboxylic acids is 2. The summed E-state index contributed by atoms with van der Waals surface area (Å²) in [4.78, 5) is 31.9. The van der Waals surface area contributed by atoms with Gasteiger partial charge in [-0.3, -0.25) is 14.5 Å². The van der Waals surface area contributed by atoms with Crippen LogP contribution >= 0.6 is 11.8 Å². The van der Waals surface area contributed by atoms with E-state index in [0.29, 0.717) is 18.0 Å². The summed E-state index contributed by atoms with van der Waals surface area (Å²) in [5, 5.41) is 2.26. The maximum absolute atomic E-state index is 13.2. The lowest BCUT2D eigenvalue weighted by Crippen LogP contribution is -2.45. The predicted molar refractivity (Wildman–Crippen MR) is 137 cm³/mol. The third-order valence-electron chi connectivity index (χ3n) is 5.67. The van der Waals surface area contributed by atoms with Crippen molar-refractivity contribution < 1.29 is 27.5 Å². The number of hydrogen-bond acceptors (Lipinski definition) is 5. The summed E-state index contributed by atoms with van der Waals surface area (Å²) in [5.74, 6) is -0.0111. The molecule has 6 nitrogen and oxygen atoms in total. The van der Waals surface area contributed by atoms with Gasteiger partial charge in [0.1, 0.15) is 11.0 Å². The average molecular weight is 522 g/mol. The fourth-order valence-electron chi connectivity index (χ4n) is 3.69. The molecule has 10 heteroatoms. The predicted octanol–water partition coefficient (Wildman–Crippen LogP) is 6.64. The Morgan fingerprint density at radius 1 is 1.14 bits per heavy atom. The minimum absolute atomic E-state index is 0.0246. The van der Waals surface area contributed by atoms with E-state index in [1.54, 1.807) is 31.4 Å². The molecule has 1 fully saturated rings. The third-order valence-corrected chi connectivity index (χ3v) is 6.86. The van der Waals surface area contributed by atoms with Crippen molar-refractivity contribution in [3.05, 3.63) is 54.1 Å². The molecular formula is C26H30F3N3O3S. The van der Waals surface area contributed by atoms with Gasteiger partial charge in [-0.15, -0.1) is 0 Å². The molecular weight excluding hydrogens is 491 g/mol. The van der Waals surface area contributed by atoms with Gasteiger partial charge in [-0.1, -0.05) is 50.4 Å². The highest BCUT2D eigenvalue weighted by molar-refractivity contribution is 8.15. The molecule has 0 saturated carbocycles. The van der Waals surface area contributed by atoms with Crippen molar-refractivity contribution in [2.45, 2.75) is 56.9 Å². The van der Waals surface area contributed by atoms with Gasteiger partial charge < -0.3 is 10.1 Å². The van der Waals surface area contributed by atoms with Crippen molar-refractivity contribution in [3.63, 3.8) is 0 Å². The van der Waals surface area contributed by atoms with Crippen molar-refractivity contribution in [2.75, 3.05) is 19.0 Å². The van der Waals surface area contributed by atoms with E-state index in [1.165, 1.54) is 17.0 Å². The maximum atomic E-state index is 13.2. The second-order valence-electron chi connectivity index (χ2n) is 8.43. The van der Waals surface area contributed by atoms with Gasteiger partial charge in [-0.2, -0.15) is 13.2 Å². The fourth-order valence-corrected chi connectivity index (χ4v) is 4.82. The van der Waals surface area contributed by atoms with Crippen LogP contribution in [-0.2, 0) is 15.8 Å². The molecule has 0 aliphatic carbocycles. The second-order valence-corrected chi connectivity index (χ2v) is 9.60. The lowest BCUT2D eigenvalue weighted by Gasteiger charge is -2.32. The Bertz CT molecular complexity index is 1070. The molecule has 0 radical (unpaired) electrons. The molecule has 2 aromatic carbocycles. The molecule has 2 amide bonds. The summed E-state index contributed by atoms with van der Waals surface area (Å²) in [6.07, 6.45) is 0.373. The summed E-state index contributed by atoms with van der Waals surface area (Å²) in [5.41, 5.74) is -0.202. The number of amidine groups is 1. The highest BCUT2D eigenvalue weighted by Crippen LogP contribution is 2.34. The van der Waals surface area contributed by atoms with Crippen molar-refractivity contribution in [2.24, 2.45) is 4.99 Å². The molecule has 1 heterocycles.